The standard InChI is InChI=1S/C9H13NO4S2/c1-6(11)14-10-8(12)5-7(9(10)13)16-4-2-3-15/h7,15H,2-5H2,1H3. The van der Waals surface area contributed by atoms with Gasteiger partial charge in [-0.3, -0.25) is 9.59 Å². The molecule has 7 heteroatoms. The molecule has 0 aromatic carbocycles. The van der Waals surface area contributed by atoms with Crippen LogP contribution in [0.5, 0.6) is 0 Å². The van der Waals surface area contributed by atoms with Gasteiger partial charge < -0.3 is 4.84 Å². The number of amides is 2. The molecule has 0 aromatic heterocycles. The Morgan fingerprint density at radius 2 is 2.31 bits per heavy atom. The van der Waals surface area contributed by atoms with Crippen molar-refractivity contribution >= 4 is 42.2 Å². The lowest BCUT2D eigenvalue weighted by molar-refractivity contribution is -0.195. The Kier molecular flexibility index (Phi) is 5.14. The van der Waals surface area contributed by atoms with Crippen LogP contribution in [0.3, 0.4) is 0 Å². The maximum atomic E-state index is 11.6. The van der Waals surface area contributed by atoms with E-state index in [1.807, 2.05) is 0 Å². The largest absolute Gasteiger partial charge is 0.331 e. The zero-order chi connectivity index (χ0) is 12.1. The van der Waals surface area contributed by atoms with E-state index in [-0.39, 0.29) is 6.42 Å². The molecule has 90 valence electrons. The van der Waals surface area contributed by atoms with Gasteiger partial charge in [-0.1, -0.05) is 0 Å². The summed E-state index contributed by atoms with van der Waals surface area (Å²) in [6, 6.07) is 0. The lowest BCUT2D eigenvalue weighted by Gasteiger charge is -2.11. The Morgan fingerprint density at radius 1 is 1.62 bits per heavy atom. The number of hydrogen-bond donors (Lipinski definition) is 1. The molecule has 1 unspecified atom stereocenters. The molecular weight excluding hydrogens is 250 g/mol. The lowest BCUT2D eigenvalue weighted by atomic mass is 10.4. The van der Waals surface area contributed by atoms with Gasteiger partial charge >= 0.3 is 5.97 Å². The summed E-state index contributed by atoms with van der Waals surface area (Å²) in [4.78, 5) is 38.2. The molecule has 1 saturated heterocycles. The van der Waals surface area contributed by atoms with Crippen molar-refractivity contribution in [2.45, 2.75) is 25.0 Å². The molecule has 2 amide bonds. The highest BCUT2D eigenvalue weighted by atomic mass is 32.2. The highest BCUT2D eigenvalue weighted by Gasteiger charge is 2.41. The molecule has 1 atom stereocenters. The molecule has 0 aliphatic carbocycles. The van der Waals surface area contributed by atoms with Crippen molar-refractivity contribution < 1.29 is 19.2 Å². The maximum Gasteiger partial charge on any atom is 0.330 e. The monoisotopic (exact) mass is 263 g/mol. The summed E-state index contributed by atoms with van der Waals surface area (Å²) in [6.07, 6.45) is 0.975. The first kappa shape index (κ1) is 13.4. The Bertz CT molecular complexity index is 308. The van der Waals surface area contributed by atoms with Crippen molar-refractivity contribution in [3.8, 4) is 0 Å². The van der Waals surface area contributed by atoms with E-state index in [9.17, 15) is 14.4 Å². The summed E-state index contributed by atoms with van der Waals surface area (Å²) >= 11 is 5.45. The third-order valence-electron chi connectivity index (χ3n) is 1.90. The quantitative estimate of drug-likeness (QED) is 0.448. The van der Waals surface area contributed by atoms with Gasteiger partial charge in [-0.05, 0) is 17.9 Å². The molecule has 1 aliphatic rings. The fourth-order valence-electron chi connectivity index (χ4n) is 1.23. The molecule has 0 spiro atoms. The predicted molar refractivity (Wildman–Crippen MR) is 63.0 cm³/mol. The molecule has 0 N–H and O–H groups in total. The average Bonchev–Trinajstić information content (AvgIpc) is 2.46. The minimum Gasteiger partial charge on any atom is -0.331 e. The number of thiol groups is 1. The first-order valence-electron chi connectivity index (χ1n) is 4.84. The van der Waals surface area contributed by atoms with Gasteiger partial charge in [0, 0.05) is 6.92 Å². The Morgan fingerprint density at radius 3 is 2.88 bits per heavy atom. The first-order valence-corrected chi connectivity index (χ1v) is 6.52. The molecule has 0 bridgehead atoms. The molecule has 5 nitrogen and oxygen atoms in total. The number of hydrogen-bond acceptors (Lipinski definition) is 6. The second kappa shape index (κ2) is 6.15. The second-order valence-electron chi connectivity index (χ2n) is 3.25. The van der Waals surface area contributed by atoms with Gasteiger partial charge in [0.25, 0.3) is 11.8 Å². The van der Waals surface area contributed by atoms with Gasteiger partial charge in [0.2, 0.25) is 0 Å². The summed E-state index contributed by atoms with van der Waals surface area (Å²) in [5.41, 5.74) is 0. The number of nitrogens with zero attached hydrogens (tertiary/aromatic N) is 1. The number of thioether (sulfide) groups is 1. The van der Waals surface area contributed by atoms with E-state index in [0.29, 0.717) is 5.06 Å². The van der Waals surface area contributed by atoms with E-state index >= 15 is 0 Å². The minimum absolute atomic E-state index is 0.101. The van der Waals surface area contributed by atoms with Gasteiger partial charge in [-0.15, -0.1) is 16.8 Å². The molecule has 1 heterocycles. The first-order chi connectivity index (χ1) is 7.56. The smallest absolute Gasteiger partial charge is 0.330 e. The van der Waals surface area contributed by atoms with E-state index in [2.05, 4.69) is 17.5 Å². The van der Waals surface area contributed by atoms with E-state index in [0.717, 1.165) is 24.9 Å². The van der Waals surface area contributed by atoms with Crippen LogP contribution < -0.4 is 0 Å². The molecule has 1 rings (SSSR count). The van der Waals surface area contributed by atoms with Crippen molar-refractivity contribution in [2.24, 2.45) is 0 Å². The Balaban J connectivity index is 2.49. The Hall–Kier alpha value is -0.690. The van der Waals surface area contributed by atoms with E-state index in [1.54, 1.807) is 0 Å². The van der Waals surface area contributed by atoms with Gasteiger partial charge in [-0.25, -0.2) is 4.79 Å². The number of carbonyl (C=O) groups excluding carboxylic acids is 3. The second-order valence-corrected chi connectivity index (χ2v) is 5.01. The van der Waals surface area contributed by atoms with Gasteiger partial charge in [0.1, 0.15) is 0 Å². The van der Waals surface area contributed by atoms with Crippen molar-refractivity contribution in [3.63, 3.8) is 0 Å². The predicted octanol–water partition coefficient (Wildman–Crippen LogP) is 0.645. The normalized spacial score (nSPS) is 20.4. The van der Waals surface area contributed by atoms with E-state index < -0.39 is 23.0 Å². The summed E-state index contributed by atoms with van der Waals surface area (Å²) in [7, 11) is 0. The molecule has 0 saturated carbocycles. The van der Waals surface area contributed by atoms with Crippen molar-refractivity contribution in [1.82, 2.24) is 5.06 Å². The van der Waals surface area contributed by atoms with Crippen LogP contribution in [0, 0.1) is 0 Å². The third kappa shape index (κ3) is 3.41. The van der Waals surface area contributed by atoms with Crippen LogP contribution in [0.15, 0.2) is 0 Å². The van der Waals surface area contributed by atoms with Crippen LogP contribution in [-0.4, -0.2) is 39.6 Å². The van der Waals surface area contributed by atoms with Crippen molar-refractivity contribution in [1.29, 1.82) is 0 Å². The number of hydroxylamine groups is 2. The van der Waals surface area contributed by atoms with Crippen LogP contribution >= 0.6 is 24.4 Å². The average molecular weight is 263 g/mol. The van der Waals surface area contributed by atoms with E-state index in [1.165, 1.54) is 11.8 Å². The van der Waals surface area contributed by atoms with Crippen LogP contribution in [0.2, 0.25) is 0 Å². The molecule has 16 heavy (non-hydrogen) atoms. The highest BCUT2D eigenvalue weighted by Crippen LogP contribution is 2.25. The molecule has 1 fully saturated rings. The lowest BCUT2D eigenvalue weighted by Crippen LogP contribution is -2.33. The Labute approximate surface area is 103 Å². The molecule has 0 aromatic rings. The topological polar surface area (TPSA) is 63.7 Å². The minimum atomic E-state index is -0.664. The fraction of sp³-hybridized carbons (Fsp3) is 0.667. The number of imide groups is 1. The van der Waals surface area contributed by atoms with E-state index in [4.69, 9.17) is 0 Å². The third-order valence-corrected chi connectivity index (χ3v) is 3.51. The SMILES string of the molecule is CC(=O)ON1C(=O)CC(SCCCS)C1=O. The summed E-state index contributed by atoms with van der Waals surface area (Å²) < 4.78 is 0. The maximum absolute atomic E-state index is 11.6. The number of carbonyl (C=O) groups is 3. The van der Waals surface area contributed by atoms with Crippen LogP contribution in [-0.2, 0) is 19.2 Å². The van der Waals surface area contributed by atoms with Crippen LogP contribution in [0.1, 0.15) is 19.8 Å². The molecule has 1 aliphatic heterocycles. The van der Waals surface area contributed by atoms with Crippen LogP contribution in [0.4, 0.5) is 0 Å². The molecular formula is C9H13NO4S2. The summed E-state index contributed by atoms with van der Waals surface area (Å²) in [5, 5.41) is 0.146. The van der Waals surface area contributed by atoms with Gasteiger partial charge in [0.05, 0.1) is 11.7 Å². The highest BCUT2D eigenvalue weighted by molar-refractivity contribution is 8.00. The van der Waals surface area contributed by atoms with Crippen molar-refractivity contribution in [2.75, 3.05) is 11.5 Å². The zero-order valence-corrected chi connectivity index (χ0v) is 10.6. The van der Waals surface area contributed by atoms with Crippen LogP contribution in [0.25, 0.3) is 0 Å². The zero-order valence-electron chi connectivity index (χ0n) is 8.84. The van der Waals surface area contributed by atoms with Gasteiger partial charge in [-0.2, -0.15) is 12.6 Å². The molecule has 0 radical (unpaired) electrons. The van der Waals surface area contributed by atoms with Gasteiger partial charge in [0.15, 0.2) is 0 Å². The number of rotatable bonds is 5. The fourth-order valence-corrected chi connectivity index (χ4v) is 2.69. The summed E-state index contributed by atoms with van der Waals surface area (Å²) in [6.45, 7) is 1.15. The van der Waals surface area contributed by atoms with Crippen molar-refractivity contribution in [3.05, 3.63) is 0 Å². The summed E-state index contributed by atoms with van der Waals surface area (Å²) in [5.74, 6) is -0.0491.